The highest BCUT2D eigenvalue weighted by molar-refractivity contribution is 7.99. The van der Waals surface area contributed by atoms with Gasteiger partial charge in [-0.1, -0.05) is 19.4 Å². The first-order valence-electron chi connectivity index (χ1n) is 5.16. The molecule has 0 fully saturated rings. The summed E-state index contributed by atoms with van der Waals surface area (Å²) in [6.45, 7) is 4.33. The molecule has 0 aliphatic rings. The Labute approximate surface area is 95.1 Å². The molecule has 80 valence electrons. The minimum Gasteiger partial charge on any atom is -0.327 e. The fourth-order valence-electron chi connectivity index (χ4n) is 1.30. The molecule has 14 heavy (non-hydrogen) atoms. The Balaban J connectivity index is 2.48. The fraction of sp³-hybridized carbons (Fsp3) is 0.636. The summed E-state index contributed by atoms with van der Waals surface area (Å²) >= 11 is 3.81. The van der Waals surface area contributed by atoms with Crippen molar-refractivity contribution in [1.29, 1.82) is 0 Å². The van der Waals surface area contributed by atoms with Crippen molar-refractivity contribution < 1.29 is 0 Å². The number of nitrogens with two attached hydrogens (primary N) is 1. The Morgan fingerprint density at radius 3 is 2.86 bits per heavy atom. The summed E-state index contributed by atoms with van der Waals surface area (Å²) in [5.41, 5.74) is 6.00. The SMILES string of the molecule is CCCCSC(c1cccs1)C(C)N. The molecule has 0 aromatic carbocycles. The molecule has 0 amide bonds. The minimum atomic E-state index is 0.246. The van der Waals surface area contributed by atoms with Crippen molar-refractivity contribution in [3.63, 3.8) is 0 Å². The highest BCUT2D eigenvalue weighted by Crippen LogP contribution is 2.34. The van der Waals surface area contributed by atoms with Crippen LogP contribution in [0.25, 0.3) is 0 Å². The van der Waals surface area contributed by atoms with Crippen LogP contribution in [0.15, 0.2) is 17.5 Å². The zero-order chi connectivity index (χ0) is 10.4. The molecule has 0 saturated carbocycles. The van der Waals surface area contributed by atoms with Crippen LogP contribution in [0.1, 0.15) is 36.8 Å². The van der Waals surface area contributed by atoms with E-state index in [9.17, 15) is 0 Å². The molecule has 0 aliphatic heterocycles. The third-order valence-electron chi connectivity index (χ3n) is 2.10. The molecular formula is C11H19NS2. The summed E-state index contributed by atoms with van der Waals surface area (Å²) < 4.78 is 0. The molecule has 3 heteroatoms. The Morgan fingerprint density at radius 2 is 2.36 bits per heavy atom. The van der Waals surface area contributed by atoms with Gasteiger partial charge in [0.2, 0.25) is 0 Å². The number of hydrogen-bond donors (Lipinski definition) is 1. The second-order valence-corrected chi connectivity index (χ2v) is 5.75. The van der Waals surface area contributed by atoms with Crippen LogP contribution in [0.3, 0.4) is 0 Å². The second-order valence-electron chi connectivity index (χ2n) is 3.52. The molecule has 2 atom stereocenters. The van der Waals surface area contributed by atoms with Crippen LogP contribution >= 0.6 is 23.1 Å². The van der Waals surface area contributed by atoms with Gasteiger partial charge in [0.1, 0.15) is 0 Å². The maximum Gasteiger partial charge on any atom is 0.0539 e. The lowest BCUT2D eigenvalue weighted by molar-refractivity contribution is 0.728. The number of unbranched alkanes of at least 4 members (excludes halogenated alkanes) is 1. The smallest absolute Gasteiger partial charge is 0.0539 e. The van der Waals surface area contributed by atoms with Gasteiger partial charge in [-0.2, -0.15) is 11.8 Å². The summed E-state index contributed by atoms with van der Waals surface area (Å²) in [6.07, 6.45) is 2.56. The summed E-state index contributed by atoms with van der Waals surface area (Å²) in [5.74, 6) is 1.22. The topological polar surface area (TPSA) is 26.0 Å². The predicted octanol–water partition coefficient (Wildman–Crippen LogP) is 3.67. The van der Waals surface area contributed by atoms with Crippen LogP contribution in [0.5, 0.6) is 0 Å². The van der Waals surface area contributed by atoms with Crippen molar-refractivity contribution in [2.45, 2.75) is 38.0 Å². The van der Waals surface area contributed by atoms with E-state index in [0.29, 0.717) is 5.25 Å². The largest absolute Gasteiger partial charge is 0.327 e. The maximum absolute atomic E-state index is 6.00. The van der Waals surface area contributed by atoms with E-state index in [1.54, 1.807) is 0 Å². The summed E-state index contributed by atoms with van der Waals surface area (Å²) in [6, 6.07) is 4.54. The number of thiophene rings is 1. The van der Waals surface area contributed by atoms with Crippen LogP contribution in [0, 0.1) is 0 Å². The molecule has 1 aromatic heterocycles. The van der Waals surface area contributed by atoms with E-state index in [-0.39, 0.29) is 6.04 Å². The van der Waals surface area contributed by atoms with Crippen molar-refractivity contribution >= 4 is 23.1 Å². The van der Waals surface area contributed by atoms with Crippen molar-refractivity contribution in [3.8, 4) is 0 Å². The van der Waals surface area contributed by atoms with Gasteiger partial charge in [0.15, 0.2) is 0 Å². The Kier molecular flexibility index (Phi) is 5.60. The summed E-state index contributed by atoms with van der Waals surface area (Å²) in [4.78, 5) is 1.42. The van der Waals surface area contributed by atoms with Gasteiger partial charge in [-0.25, -0.2) is 0 Å². The van der Waals surface area contributed by atoms with Crippen LogP contribution < -0.4 is 5.73 Å². The van der Waals surface area contributed by atoms with Crippen molar-refractivity contribution in [2.24, 2.45) is 5.73 Å². The van der Waals surface area contributed by atoms with Gasteiger partial charge in [-0.15, -0.1) is 11.3 Å². The second kappa shape index (κ2) is 6.49. The first-order valence-corrected chi connectivity index (χ1v) is 7.09. The zero-order valence-electron chi connectivity index (χ0n) is 8.90. The monoisotopic (exact) mass is 229 g/mol. The van der Waals surface area contributed by atoms with E-state index in [1.807, 2.05) is 23.1 Å². The van der Waals surface area contributed by atoms with E-state index in [4.69, 9.17) is 5.73 Å². The molecule has 0 bridgehead atoms. The molecule has 0 saturated heterocycles. The van der Waals surface area contributed by atoms with Crippen molar-refractivity contribution in [2.75, 3.05) is 5.75 Å². The van der Waals surface area contributed by atoms with E-state index in [1.165, 1.54) is 23.5 Å². The highest BCUT2D eigenvalue weighted by Gasteiger charge is 2.16. The normalized spacial score (nSPS) is 15.4. The first-order chi connectivity index (χ1) is 6.75. The average molecular weight is 229 g/mol. The molecule has 1 heterocycles. The zero-order valence-corrected chi connectivity index (χ0v) is 10.5. The first kappa shape index (κ1) is 12.1. The van der Waals surface area contributed by atoms with Gasteiger partial charge in [0, 0.05) is 10.9 Å². The van der Waals surface area contributed by atoms with Gasteiger partial charge < -0.3 is 5.73 Å². The van der Waals surface area contributed by atoms with E-state index < -0.39 is 0 Å². The van der Waals surface area contributed by atoms with Gasteiger partial charge in [-0.3, -0.25) is 0 Å². The van der Waals surface area contributed by atoms with E-state index in [2.05, 4.69) is 31.4 Å². The molecule has 2 N–H and O–H groups in total. The molecule has 1 nitrogen and oxygen atoms in total. The molecule has 0 spiro atoms. The molecule has 0 aliphatic carbocycles. The number of hydrogen-bond acceptors (Lipinski definition) is 3. The lowest BCUT2D eigenvalue weighted by Crippen LogP contribution is -2.22. The van der Waals surface area contributed by atoms with Gasteiger partial charge in [0.05, 0.1) is 5.25 Å². The van der Waals surface area contributed by atoms with E-state index >= 15 is 0 Å². The Hall–Kier alpha value is 0.01000. The van der Waals surface area contributed by atoms with Gasteiger partial charge in [0.25, 0.3) is 0 Å². The molecular weight excluding hydrogens is 210 g/mol. The highest BCUT2D eigenvalue weighted by atomic mass is 32.2. The summed E-state index contributed by atoms with van der Waals surface area (Å²) in [7, 11) is 0. The minimum absolute atomic E-state index is 0.246. The van der Waals surface area contributed by atoms with Crippen molar-refractivity contribution in [1.82, 2.24) is 0 Å². The molecule has 2 unspecified atom stereocenters. The lowest BCUT2D eigenvalue weighted by Gasteiger charge is -2.18. The lowest BCUT2D eigenvalue weighted by atomic mass is 10.2. The molecule has 1 aromatic rings. The number of thioether (sulfide) groups is 1. The van der Waals surface area contributed by atoms with Crippen molar-refractivity contribution in [3.05, 3.63) is 22.4 Å². The predicted molar refractivity (Wildman–Crippen MR) is 68.1 cm³/mol. The summed E-state index contributed by atoms with van der Waals surface area (Å²) in [5, 5.41) is 2.62. The number of rotatable bonds is 6. The molecule has 0 radical (unpaired) electrons. The Morgan fingerprint density at radius 1 is 1.57 bits per heavy atom. The third-order valence-corrected chi connectivity index (χ3v) is 4.77. The van der Waals surface area contributed by atoms with Gasteiger partial charge >= 0.3 is 0 Å². The van der Waals surface area contributed by atoms with Crippen LogP contribution in [0.2, 0.25) is 0 Å². The van der Waals surface area contributed by atoms with E-state index in [0.717, 1.165) is 0 Å². The molecule has 1 rings (SSSR count). The van der Waals surface area contributed by atoms with Crippen LogP contribution in [-0.2, 0) is 0 Å². The Bertz CT molecular complexity index is 231. The third kappa shape index (κ3) is 3.64. The van der Waals surface area contributed by atoms with Crippen LogP contribution in [0.4, 0.5) is 0 Å². The average Bonchev–Trinajstić information content (AvgIpc) is 2.64. The quantitative estimate of drug-likeness (QED) is 0.753. The fourth-order valence-corrected chi connectivity index (χ4v) is 3.75. The van der Waals surface area contributed by atoms with Gasteiger partial charge in [-0.05, 0) is 30.5 Å². The maximum atomic E-state index is 6.00. The van der Waals surface area contributed by atoms with Crippen LogP contribution in [-0.4, -0.2) is 11.8 Å². The standard InChI is InChI=1S/C11H19NS2/c1-3-4-7-14-11(9(2)12)10-6-5-8-13-10/h5-6,8-9,11H,3-4,7,12H2,1-2H3.